The molecule has 1 aromatic carbocycles. The van der Waals surface area contributed by atoms with Gasteiger partial charge in [-0.05, 0) is 12.5 Å². The molecule has 0 radical (unpaired) electrons. The minimum Gasteiger partial charge on any atom is -0.356 e. The Morgan fingerprint density at radius 3 is 2.40 bits per heavy atom. The Kier molecular flexibility index (Phi) is 3.93. The van der Waals surface area contributed by atoms with E-state index in [-0.39, 0.29) is 6.61 Å². The zero-order valence-electron chi connectivity index (χ0n) is 8.16. The number of hydrogen-bond donors (Lipinski definition) is 0. The Morgan fingerprint density at radius 1 is 1.33 bits per heavy atom. The summed E-state index contributed by atoms with van der Waals surface area (Å²) in [5, 5.41) is 0. The third-order valence-electron chi connectivity index (χ3n) is 1.76. The molecular formula is C9H11NO4S. The molecule has 0 aliphatic rings. The molecule has 0 N–H and O–H groups in total. The predicted molar refractivity (Wildman–Crippen MR) is 55.5 cm³/mol. The summed E-state index contributed by atoms with van der Waals surface area (Å²) in [5.41, 5.74) is -0.903. The fourth-order valence-electron chi connectivity index (χ4n) is 1.15. The lowest BCUT2D eigenvalue weighted by Gasteiger charge is -2.12. The van der Waals surface area contributed by atoms with Crippen LogP contribution in [-0.4, -0.2) is 15.0 Å². The Morgan fingerprint density at radius 2 is 1.93 bits per heavy atom. The highest BCUT2D eigenvalue weighted by Crippen LogP contribution is 2.24. The van der Waals surface area contributed by atoms with E-state index in [0.29, 0.717) is 5.56 Å². The minimum absolute atomic E-state index is 0.189. The van der Waals surface area contributed by atoms with Gasteiger partial charge >= 0.3 is 10.0 Å². The maximum absolute atomic E-state index is 11.3. The van der Waals surface area contributed by atoms with E-state index in [2.05, 4.69) is 4.58 Å². The lowest BCUT2D eigenvalue weighted by molar-refractivity contribution is 0.118. The summed E-state index contributed by atoms with van der Waals surface area (Å²) >= 11 is 0. The molecular weight excluding hydrogens is 218 g/mol. The van der Waals surface area contributed by atoms with E-state index in [9.17, 15) is 13.3 Å². The number of nitroso groups, excluding NO2 is 1. The van der Waals surface area contributed by atoms with E-state index < -0.39 is 15.5 Å². The van der Waals surface area contributed by atoms with Crippen molar-refractivity contribution in [2.75, 3.05) is 6.61 Å². The summed E-state index contributed by atoms with van der Waals surface area (Å²) in [6.45, 7) is 1.84. The SMILES string of the molecule is CCOC(c1ccccc1)S(=O)(=O)N=O. The standard InChI is InChI=1S/C9H11NO4S/c1-2-14-9(15(12,13)10-11)8-6-4-3-5-7-8/h3-7,9H,2H2,1H3. The molecule has 0 aromatic heterocycles. The first-order chi connectivity index (χ1) is 7.11. The average molecular weight is 229 g/mol. The van der Waals surface area contributed by atoms with Crippen LogP contribution in [0.15, 0.2) is 34.9 Å². The van der Waals surface area contributed by atoms with Crippen LogP contribution in [-0.2, 0) is 14.8 Å². The third-order valence-corrected chi connectivity index (χ3v) is 2.92. The third kappa shape index (κ3) is 2.84. The van der Waals surface area contributed by atoms with Gasteiger partial charge in [-0.25, -0.2) is 0 Å². The second kappa shape index (κ2) is 4.99. The van der Waals surface area contributed by atoms with Gasteiger partial charge in [0.25, 0.3) is 0 Å². The molecule has 82 valence electrons. The molecule has 0 saturated carbocycles. The van der Waals surface area contributed by atoms with E-state index in [4.69, 9.17) is 4.74 Å². The maximum atomic E-state index is 11.3. The summed E-state index contributed by atoms with van der Waals surface area (Å²) < 4.78 is 29.7. The van der Waals surface area contributed by atoms with Gasteiger partial charge in [-0.15, -0.1) is 4.91 Å². The van der Waals surface area contributed by atoms with Crippen LogP contribution in [0, 0.1) is 4.91 Å². The first-order valence-corrected chi connectivity index (χ1v) is 5.87. The molecule has 0 fully saturated rings. The topological polar surface area (TPSA) is 72.8 Å². The van der Waals surface area contributed by atoms with Crippen molar-refractivity contribution < 1.29 is 13.2 Å². The van der Waals surface area contributed by atoms with Crippen molar-refractivity contribution in [2.24, 2.45) is 4.58 Å². The molecule has 0 heterocycles. The van der Waals surface area contributed by atoms with Gasteiger partial charge in [-0.2, -0.15) is 8.42 Å². The highest BCUT2D eigenvalue weighted by atomic mass is 32.2. The number of nitrogens with zero attached hydrogens (tertiary/aromatic N) is 1. The van der Waals surface area contributed by atoms with Gasteiger partial charge in [0.05, 0.1) is 4.58 Å². The fourth-order valence-corrected chi connectivity index (χ4v) is 2.04. The molecule has 0 aliphatic carbocycles. The van der Waals surface area contributed by atoms with Crippen LogP contribution >= 0.6 is 0 Å². The molecule has 15 heavy (non-hydrogen) atoms. The largest absolute Gasteiger partial charge is 0.356 e. The molecule has 0 amide bonds. The number of rotatable bonds is 5. The lowest BCUT2D eigenvalue weighted by atomic mass is 10.2. The molecule has 1 rings (SSSR count). The monoisotopic (exact) mass is 229 g/mol. The average Bonchev–Trinajstić information content (AvgIpc) is 2.27. The van der Waals surface area contributed by atoms with E-state index in [1.54, 1.807) is 37.3 Å². The lowest BCUT2D eigenvalue weighted by Crippen LogP contribution is -2.14. The van der Waals surface area contributed by atoms with Crippen LogP contribution in [0.4, 0.5) is 0 Å². The van der Waals surface area contributed by atoms with Gasteiger partial charge in [0.15, 0.2) is 0 Å². The molecule has 0 aliphatic heterocycles. The van der Waals surface area contributed by atoms with Crippen LogP contribution < -0.4 is 0 Å². The molecule has 0 saturated heterocycles. The highest BCUT2D eigenvalue weighted by Gasteiger charge is 2.28. The Labute approximate surface area is 88.1 Å². The van der Waals surface area contributed by atoms with Gasteiger partial charge in [0.2, 0.25) is 5.44 Å². The number of hydrogen-bond acceptors (Lipinski definition) is 4. The molecule has 0 spiro atoms. The second-order valence-corrected chi connectivity index (χ2v) is 4.39. The number of sulfonamides is 1. The van der Waals surface area contributed by atoms with Crippen molar-refractivity contribution >= 4 is 10.0 Å². The molecule has 5 nitrogen and oxygen atoms in total. The van der Waals surface area contributed by atoms with Gasteiger partial charge in [0.1, 0.15) is 0 Å². The summed E-state index contributed by atoms with van der Waals surface area (Å²) in [5.74, 6) is 0. The normalized spacial score (nSPS) is 13.4. The van der Waals surface area contributed by atoms with Crippen molar-refractivity contribution in [2.45, 2.75) is 12.4 Å². The fraction of sp³-hybridized carbons (Fsp3) is 0.333. The minimum atomic E-state index is -4.13. The van der Waals surface area contributed by atoms with Gasteiger partial charge in [-0.3, -0.25) is 0 Å². The van der Waals surface area contributed by atoms with Crippen molar-refractivity contribution in [1.82, 2.24) is 0 Å². The molecule has 6 heteroatoms. The van der Waals surface area contributed by atoms with E-state index in [1.807, 2.05) is 0 Å². The van der Waals surface area contributed by atoms with Gasteiger partial charge in [0, 0.05) is 6.61 Å². The van der Waals surface area contributed by atoms with Gasteiger partial charge in [-0.1, -0.05) is 30.3 Å². The molecule has 1 aromatic rings. The molecule has 1 atom stereocenters. The van der Waals surface area contributed by atoms with Crippen LogP contribution in [0.5, 0.6) is 0 Å². The molecule has 0 bridgehead atoms. The number of benzene rings is 1. The summed E-state index contributed by atoms with van der Waals surface area (Å²) in [4.78, 5) is 10.2. The van der Waals surface area contributed by atoms with Crippen molar-refractivity contribution in [3.05, 3.63) is 40.8 Å². The Bertz CT molecular complexity index is 415. The van der Waals surface area contributed by atoms with Crippen molar-refractivity contribution in [3.8, 4) is 0 Å². The summed E-state index contributed by atoms with van der Waals surface area (Å²) in [6, 6.07) is 8.23. The highest BCUT2D eigenvalue weighted by molar-refractivity contribution is 7.90. The first kappa shape index (κ1) is 11.8. The van der Waals surface area contributed by atoms with Crippen LogP contribution in [0.3, 0.4) is 0 Å². The number of ether oxygens (including phenoxy) is 1. The first-order valence-electron chi connectivity index (χ1n) is 4.37. The van der Waals surface area contributed by atoms with Crippen molar-refractivity contribution in [1.29, 1.82) is 0 Å². The van der Waals surface area contributed by atoms with Crippen LogP contribution in [0.1, 0.15) is 17.9 Å². The van der Waals surface area contributed by atoms with Gasteiger partial charge < -0.3 is 4.74 Å². The summed E-state index contributed by atoms with van der Waals surface area (Å²) in [6.07, 6.45) is 0. The van der Waals surface area contributed by atoms with E-state index in [1.165, 1.54) is 0 Å². The summed E-state index contributed by atoms with van der Waals surface area (Å²) in [7, 11) is -4.13. The quantitative estimate of drug-likeness (QED) is 0.722. The second-order valence-electron chi connectivity index (χ2n) is 2.79. The van der Waals surface area contributed by atoms with Crippen LogP contribution in [0.2, 0.25) is 0 Å². The van der Waals surface area contributed by atoms with Crippen molar-refractivity contribution in [3.63, 3.8) is 0 Å². The van der Waals surface area contributed by atoms with Crippen LogP contribution in [0.25, 0.3) is 0 Å². The Balaban J connectivity index is 3.09. The van der Waals surface area contributed by atoms with E-state index >= 15 is 0 Å². The predicted octanol–water partition coefficient (Wildman–Crippen LogP) is 1.82. The Hall–Kier alpha value is -1.27. The van der Waals surface area contributed by atoms with E-state index in [0.717, 1.165) is 0 Å². The maximum Gasteiger partial charge on any atom is 0.319 e. The molecule has 1 unspecified atom stereocenters. The smallest absolute Gasteiger partial charge is 0.319 e. The zero-order valence-corrected chi connectivity index (χ0v) is 8.98. The zero-order chi connectivity index (χ0) is 11.3.